The van der Waals surface area contributed by atoms with E-state index in [1.807, 2.05) is 9.97 Å². The third-order valence-electron chi connectivity index (χ3n) is 2.23. The van der Waals surface area contributed by atoms with Crippen LogP contribution in [0.5, 0.6) is 5.88 Å². The monoisotopic (exact) mass is 332 g/mol. The predicted molar refractivity (Wildman–Crippen MR) is 71.9 cm³/mol. The molecule has 2 aromatic rings. The van der Waals surface area contributed by atoms with Gasteiger partial charge >= 0.3 is 11.2 Å². The zero-order valence-electron chi connectivity index (χ0n) is 10.5. The molecule has 0 saturated heterocycles. The summed E-state index contributed by atoms with van der Waals surface area (Å²) < 4.78 is 36.5. The number of alkyl halides is 3. The molecule has 0 unspecified atom stereocenters. The molecule has 0 spiro atoms. The molecular weight excluding hydrogens is 325 g/mol. The van der Waals surface area contributed by atoms with E-state index in [1.165, 1.54) is 24.3 Å². The molecule has 1 heterocycles. The van der Waals surface area contributed by atoms with E-state index < -0.39 is 28.3 Å². The van der Waals surface area contributed by atoms with Gasteiger partial charge in [-0.25, -0.2) is 4.79 Å². The number of aromatic nitrogens is 2. The van der Waals surface area contributed by atoms with Crippen LogP contribution < -0.4 is 11.2 Å². The lowest BCUT2D eigenvalue weighted by Gasteiger charge is -2.04. The molecule has 0 amide bonds. The van der Waals surface area contributed by atoms with Gasteiger partial charge in [0.1, 0.15) is 0 Å². The third kappa shape index (κ3) is 4.22. The molecule has 11 heteroatoms. The second-order valence-corrected chi connectivity index (χ2v) is 4.99. The van der Waals surface area contributed by atoms with Crippen molar-refractivity contribution in [1.29, 1.82) is 0 Å². The quantitative estimate of drug-likeness (QED) is 0.593. The molecule has 0 aliphatic carbocycles. The van der Waals surface area contributed by atoms with Crippen molar-refractivity contribution in [3.8, 4) is 5.88 Å². The van der Waals surface area contributed by atoms with Crippen LogP contribution in [0.2, 0.25) is 0 Å². The molecule has 116 valence electrons. The molecule has 2 rings (SSSR count). The van der Waals surface area contributed by atoms with Crippen molar-refractivity contribution in [3.05, 3.63) is 45.1 Å². The molecule has 1 aromatic carbocycles. The van der Waals surface area contributed by atoms with E-state index in [0.717, 1.165) is 0 Å². The molecule has 0 bridgehead atoms. The van der Waals surface area contributed by atoms with Gasteiger partial charge in [-0.2, -0.15) is 18.3 Å². The Morgan fingerprint density at radius 2 is 1.68 bits per heavy atom. The van der Waals surface area contributed by atoms with E-state index in [0.29, 0.717) is 0 Å². The largest absolute Gasteiger partial charge is 0.493 e. The highest BCUT2D eigenvalue weighted by molar-refractivity contribution is 8.00. The maximum atomic E-state index is 12.2. The number of halogens is 3. The van der Waals surface area contributed by atoms with Crippen LogP contribution in [0.15, 0.2) is 49.0 Å². The molecule has 0 aliphatic rings. The van der Waals surface area contributed by atoms with Gasteiger partial charge in [0.25, 0.3) is 5.56 Å². The highest BCUT2D eigenvalue weighted by atomic mass is 32.2. The molecule has 0 aliphatic heterocycles. The lowest BCUT2D eigenvalue weighted by atomic mass is 10.3. The molecule has 0 radical (unpaired) electrons. The number of hydrogen-bond donors (Lipinski definition) is 3. The molecule has 0 fully saturated rings. The van der Waals surface area contributed by atoms with Crippen LogP contribution in [0.1, 0.15) is 0 Å². The fraction of sp³-hybridized carbons (Fsp3) is 0.0909. The van der Waals surface area contributed by atoms with Crippen LogP contribution in [0.25, 0.3) is 0 Å². The standard InChI is InChI=1S/C11H7F3N4O3S/c12-11(13,14)22-6-3-1-5(2-4-6)17-18-7-8(19)15-10(21)16-9(7)20/h1-4H,(H3,15,16,19,20,21). The number of benzene rings is 1. The van der Waals surface area contributed by atoms with Crippen LogP contribution >= 0.6 is 11.8 Å². The topological polar surface area (TPSA) is 111 Å². The minimum Gasteiger partial charge on any atom is -0.493 e. The average molecular weight is 332 g/mol. The van der Waals surface area contributed by atoms with Crippen molar-refractivity contribution in [2.45, 2.75) is 10.4 Å². The summed E-state index contributed by atoms with van der Waals surface area (Å²) in [6.45, 7) is 0. The van der Waals surface area contributed by atoms with Gasteiger partial charge in [-0.3, -0.25) is 14.8 Å². The summed E-state index contributed by atoms with van der Waals surface area (Å²) in [5, 5.41) is 16.4. The summed E-state index contributed by atoms with van der Waals surface area (Å²) >= 11 is -0.277. The highest BCUT2D eigenvalue weighted by Crippen LogP contribution is 2.37. The summed E-state index contributed by atoms with van der Waals surface area (Å²) in [4.78, 5) is 26.0. The molecular formula is C11H7F3N4O3S. The Bertz CT molecular complexity index is 811. The first kappa shape index (κ1) is 15.8. The zero-order chi connectivity index (χ0) is 16.3. The number of hydrogen-bond acceptors (Lipinski definition) is 6. The van der Waals surface area contributed by atoms with Crippen molar-refractivity contribution < 1.29 is 18.3 Å². The summed E-state index contributed by atoms with van der Waals surface area (Å²) in [6, 6.07) is 4.88. The Morgan fingerprint density at radius 3 is 2.23 bits per heavy atom. The van der Waals surface area contributed by atoms with E-state index in [-0.39, 0.29) is 22.3 Å². The first-order valence-corrected chi connectivity index (χ1v) is 6.39. The summed E-state index contributed by atoms with van der Waals surface area (Å²) in [7, 11) is 0. The maximum Gasteiger partial charge on any atom is 0.446 e. The van der Waals surface area contributed by atoms with Gasteiger partial charge in [-0.05, 0) is 36.0 Å². The van der Waals surface area contributed by atoms with Gasteiger partial charge in [-0.15, -0.1) is 5.11 Å². The summed E-state index contributed by atoms with van der Waals surface area (Å²) in [5.41, 5.74) is -6.60. The lowest BCUT2D eigenvalue weighted by Crippen LogP contribution is -2.20. The van der Waals surface area contributed by atoms with Gasteiger partial charge in [-0.1, -0.05) is 0 Å². The Labute approximate surface area is 123 Å². The number of nitrogens with zero attached hydrogens (tertiary/aromatic N) is 2. The lowest BCUT2D eigenvalue weighted by molar-refractivity contribution is -0.0328. The highest BCUT2D eigenvalue weighted by Gasteiger charge is 2.28. The molecule has 0 atom stereocenters. The van der Waals surface area contributed by atoms with Gasteiger partial charge < -0.3 is 5.11 Å². The van der Waals surface area contributed by atoms with Gasteiger partial charge in [0.2, 0.25) is 11.6 Å². The van der Waals surface area contributed by atoms with Crippen molar-refractivity contribution in [2.24, 2.45) is 10.2 Å². The molecule has 0 saturated carbocycles. The van der Waals surface area contributed by atoms with Crippen molar-refractivity contribution in [3.63, 3.8) is 0 Å². The van der Waals surface area contributed by atoms with Crippen LogP contribution in [0.3, 0.4) is 0 Å². The fourth-order valence-corrected chi connectivity index (χ4v) is 1.92. The smallest absolute Gasteiger partial charge is 0.446 e. The van der Waals surface area contributed by atoms with E-state index in [1.54, 1.807) is 0 Å². The minimum absolute atomic E-state index is 0.0313. The third-order valence-corrected chi connectivity index (χ3v) is 2.97. The Kier molecular flexibility index (Phi) is 4.35. The van der Waals surface area contributed by atoms with Crippen LogP contribution in [0, 0.1) is 0 Å². The Morgan fingerprint density at radius 1 is 1.05 bits per heavy atom. The predicted octanol–water partition coefficient (Wildman–Crippen LogP) is 2.80. The SMILES string of the molecule is O=c1[nH]c(O)c(N=Nc2ccc(SC(F)(F)F)cc2)c(=O)[nH]1. The summed E-state index contributed by atoms with van der Waals surface area (Å²) in [6.07, 6.45) is 0. The van der Waals surface area contributed by atoms with Gasteiger partial charge in [0.05, 0.1) is 5.69 Å². The first-order valence-electron chi connectivity index (χ1n) is 5.58. The zero-order valence-corrected chi connectivity index (χ0v) is 11.3. The van der Waals surface area contributed by atoms with Crippen molar-refractivity contribution >= 4 is 23.1 Å². The Balaban J connectivity index is 2.21. The molecule has 3 N–H and O–H groups in total. The second-order valence-electron chi connectivity index (χ2n) is 3.85. The van der Waals surface area contributed by atoms with Gasteiger partial charge in [0.15, 0.2) is 0 Å². The second kappa shape index (κ2) is 6.05. The van der Waals surface area contributed by atoms with E-state index in [9.17, 15) is 27.9 Å². The van der Waals surface area contributed by atoms with Crippen LogP contribution in [-0.4, -0.2) is 20.6 Å². The average Bonchev–Trinajstić information content (AvgIpc) is 2.37. The number of aromatic hydroxyl groups is 1. The normalized spacial score (nSPS) is 12.0. The Hall–Kier alpha value is -2.56. The van der Waals surface area contributed by atoms with Gasteiger partial charge in [0, 0.05) is 4.90 Å². The number of azo groups is 1. The minimum atomic E-state index is -4.39. The molecule has 1 aromatic heterocycles. The number of thioether (sulfide) groups is 1. The van der Waals surface area contributed by atoms with Crippen LogP contribution in [0.4, 0.5) is 24.5 Å². The van der Waals surface area contributed by atoms with E-state index >= 15 is 0 Å². The number of rotatable bonds is 3. The van der Waals surface area contributed by atoms with Crippen LogP contribution in [-0.2, 0) is 0 Å². The van der Waals surface area contributed by atoms with E-state index in [2.05, 4.69) is 10.2 Å². The number of H-pyrrole nitrogens is 2. The summed E-state index contributed by atoms with van der Waals surface area (Å²) in [5.74, 6) is -0.762. The fourth-order valence-electron chi connectivity index (χ4n) is 1.38. The molecule has 7 nitrogen and oxygen atoms in total. The number of nitrogens with one attached hydrogen (secondary N) is 2. The maximum absolute atomic E-state index is 12.2. The molecule has 22 heavy (non-hydrogen) atoms. The number of aromatic amines is 2. The van der Waals surface area contributed by atoms with E-state index in [4.69, 9.17) is 0 Å². The first-order chi connectivity index (χ1) is 10.2. The van der Waals surface area contributed by atoms with Crippen molar-refractivity contribution in [1.82, 2.24) is 9.97 Å². The van der Waals surface area contributed by atoms with Crippen molar-refractivity contribution in [2.75, 3.05) is 0 Å².